The molecular formula is C13H22N2O3S. The molecule has 0 aromatic heterocycles. The first-order valence-electron chi connectivity index (χ1n) is 6.27. The molecule has 0 bridgehead atoms. The smallest absolute Gasteiger partial charge is 0.236 e. The summed E-state index contributed by atoms with van der Waals surface area (Å²) in [6, 6.07) is 5.39. The Morgan fingerprint density at radius 3 is 2.63 bits per heavy atom. The number of nitrogens with one attached hydrogen (secondary N) is 2. The van der Waals surface area contributed by atoms with Crippen LogP contribution < -0.4 is 14.8 Å². The van der Waals surface area contributed by atoms with Gasteiger partial charge in [-0.25, -0.2) is 8.42 Å². The van der Waals surface area contributed by atoms with Crippen LogP contribution in [0.1, 0.15) is 19.4 Å². The quantitative estimate of drug-likeness (QED) is 0.801. The Kier molecular flexibility index (Phi) is 5.62. The Labute approximate surface area is 115 Å². The zero-order valence-electron chi connectivity index (χ0n) is 11.9. The lowest BCUT2D eigenvalue weighted by molar-refractivity contribution is 0.416. The molecule has 5 nitrogen and oxygen atoms in total. The van der Waals surface area contributed by atoms with Crippen LogP contribution in [0.3, 0.4) is 0 Å². The van der Waals surface area contributed by atoms with Crippen molar-refractivity contribution in [2.24, 2.45) is 0 Å². The summed E-state index contributed by atoms with van der Waals surface area (Å²) in [4.78, 5) is 0. The first-order chi connectivity index (χ1) is 8.90. The molecule has 0 spiro atoms. The molecular weight excluding hydrogens is 264 g/mol. The van der Waals surface area contributed by atoms with Crippen LogP contribution in [0.5, 0.6) is 5.75 Å². The summed E-state index contributed by atoms with van der Waals surface area (Å²) < 4.78 is 32.1. The SMILES string of the molecule is CCNCC(C)S(=O)(=O)Nc1cc(C)ccc1OC. The van der Waals surface area contributed by atoms with Gasteiger partial charge in [0.1, 0.15) is 5.75 Å². The Balaban J connectivity index is 2.91. The second kappa shape index (κ2) is 6.77. The van der Waals surface area contributed by atoms with E-state index in [9.17, 15) is 8.42 Å². The van der Waals surface area contributed by atoms with Gasteiger partial charge in [-0.2, -0.15) is 0 Å². The normalized spacial score (nSPS) is 13.1. The highest BCUT2D eigenvalue weighted by atomic mass is 32.2. The molecule has 0 aliphatic heterocycles. The molecule has 6 heteroatoms. The van der Waals surface area contributed by atoms with E-state index in [0.717, 1.165) is 12.1 Å². The van der Waals surface area contributed by atoms with E-state index in [2.05, 4.69) is 10.0 Å². The van der Waals surface area contributed by atoms with Gasteiger partial charge in [-0.15, -0.1) is 0 Å². The molecule has 1 aromatic rings. The number of benzene rings is 1. The molecule has 0 radical (unpaired) electrons. The molecule has 0 amide bonds. The topological polar surface area (TPSA) is 67.4 Å². The zero-order valence-corrected chi connectivity index (χ0v) is 12.7. The van der Waals surface area contributed by atoms with Crippen molar-refractivity contribution in [2.75, 3.05) is 24.9 Å². The first-order valence-corrected chi connectivity index (χ1v) is 7.82. The number of anilines is 1. The van der Waals surface area contributed by atoms with E-state index in [0.29, 0.717) is 18.0 Å². The number of hydrogen-bond acceptors (Lipinski definition) is 4. The Hall–Kier alpha value is -1.27. The van der Waals surface area contributed by atoms with Crippen molar-refractivity contribution in [1.82, 2.24) is 5.32 Å². The number of methoxy groups -OCH3 is 1. The summed E-state index contributed by atoms with van der Waals surface area (Å²) in [5, 5.41) is 2.51. The maximum absolute atomic E-state index is 12.2. The maximum atomic E-state index is 12.2. The standard InChI is InChI=1S/C13H22N2O3S/c1-5-14-9-11(3)19(16,17)15-12-8-10(2)6-7-13(12)18-4/h6-8,11,14-15H,5,9H2,1-4H3. The third-order valence-corrected chi connectivity index (χ3v) is 4.55. The minimum atomic E-state index is -3.43. The molecule has 0 heterocycles. The molecule has 1 atom stereocenters. The van der Waals surface area contributed by atoms with E-state index in [1.807, 2.05) is 19.9 Å². The maximum Gasteiger partial charge on any atom is 0.236 e. The summed E-state index contributed by atoms with van der Waals surface area (Å²) in [6.07, 6.45) is 0. The van der Waals surface area contributed by atoms with Crippen LogP contribution in [0.15, 0.2) is 18.2 Å². The summed E-state index contributed by atoms with van der Waals surface area (Å²) in [6.45, 7) is 6.68. The zero-order chi connectivity index (χ0) is 14.5. The average molecular weight is 286 g/mol. The monoisotopic (exact) mass is 286 g/mol. The molecule has 1 rings (SSSR count). The molecule has 1 aromatic carbocycles. The molecule has 0 aliphatic rings. The molecule has 1 unspecified atom stereocenters. The molecule has 0 saturated heterocycles. The fourth-order valence-electron chi connectivity index (χ4n) is 1.61. The van der Waals surface area contributed by atoms with Gasteiger partial charge in [-0.05, 0) is 38.1 Å². The van der Waals surface area contributed by atoms with Crippen molar-refractivity contribution < 1.29 is 13.2 Å². The van der Waals surface area contributed by atoms with Crippen LogP contribution in [-0.2, 0) is 10.0 Å². The lowest BCUT2D eigenvalue weighted by Crippen LogP contribution is -2.34. The van der Waals surface area contributed by atoms with Gasteiger partial charge in [0.05, 0.1) is 18.0 Å². The predicted octanol–water partition coefficient (Wildman–Crippen LogP) is 1.74. The van der Waals surface area contributed by atoms with Gasteiger partial charge in [-0.3, -0.25) is 4.72 Å². The highest BCUT2D eigenvalue weighted by Gasteiger charge is 2.21. The number of hydrogen-bond donors (Lipinski definition) is 2. The highest BCUT2D eigenvalue weighted by molar-refractivity contribution is 7.93. The van der Waals surface area contributed by atoms with Crippen molar-refractivity contribution >= 4 is 15.7 Å². The van der Waals surface area contributed by atoms with Gasteiger partial charge in [-0.1, -0.05) is 13.0 Å². The Bertz CT molecular complexity index is 515. The van der Waals surface area contributed by atoms with E-state index in [-0.39, 0.29) is 0 Å². The van der Waals surface area contributed by atoms with Crippen molar-refractivity contribution in [3.63, 3.8) is 0 Å². The molecule has 19 heavy (non-hydrogen) atoms. The summed E-state index contributed by atoms with van der Waals surface area (Å²) in [7, 11) is -1.91. The van der Waals surface area contributed by atoms with Gasteiger partial charge in [0, 0.05) is 6.54 Å². The average Bonchev–Trinajstić information content (AvgIpc) is 2.35. The Morgan fingerprint density at radius 1 is 1.37 bits per heavy atom. The van der Waals surface area contributed by atoms with E-state index < -0.39 is 15.3 Å². The van der Waals surface area contributed by atoms with Gasteiger partial charge >= 0.3 is 0 Å². The summed E-state index contributed by atoms with van der Waals surface area (Å²) in [5.41, 5.74) is 1.45. The fraction of sp³-hybridized carbons (Fsp3) is 0.538. The molecule has 2 N–H and O–H groups in total. The van der Waals surface area contributed by atoms with E-state index in [1.165, 1.54) is 7.11 Å². The number of rotatable bonds is 7. The number of aryl methyl sites for hydroxylation is 1. The van der Waals surface area contributed by atoms with Gasteiger partial charge < -0.3 is 10.1 Å². The lowest BCUT2D eigenvalue weighted by Gasteiger charge is -2.17. The van der Waals surface area contributed by atoms with E-state index in [4.69, 9.17) is 4.74 Å². The third kappa shape index (κ3) is 4.40. The minimum absolute atomic E-state index is 0.417. The van der Waals surface area contributed by atoms with Crippen molar-refractivity contribution in [1.29, 1.82) is 0 Å². The van der Waals surface area contributed by atoms with Crippen LogP contribution in [-0.4, -0.2) is 33.9 Å². The second-order valence-electron chi connectivity index (χ2n) is 4.47. The van der Waals surface area contributed by atoms with Crippen LogP contribution in [0.25, 0.3) is 0 Å². The molecule has 0 aliphatic carbocycles. The number of ether oxygens (including phenoxy) is 1. The highest BCUT2D eigenvalue weighted by Crippen LogP contribution is 2.26. The van der Waals surface area contributed by atoms with Gasteiger partial charge in [0.25, 0.3) is 0 Å². The molecule has 108 valence electrons. The van der Waals surface area contributed by atoms with Crippen molar-refractivity contribution in [3.05, 3.63) is 23.8 Å². The molecule has 0 saturated carbocycles. The van der Waals surface area contributed by atoms with Crippen LogP contribution in [0.2, 0.25) is 0 Å². The van der Waals surface area contributed by atoms with Crippen LogP contribution >= 0.6 is 0 Å². The lowest BCUT2D eigenvalue weighted by atomic mass is 10.2. The fourth-order valence-corrected chi connectivity index (χ4v) is 2.62. The van der Waals surface area contributed by atoms with Crippen LogP contribution in [0.4, 0.5) is 5.69 Å². The van der Waals surface area contributed by atoms with Gasteiger partial charge in [0.15, 0.2) is 0 Å². The summed E-state index contributed by atoms with van der Waals surface area (Å²) >= 11 is 0. The van der Waals surface area contributed by atoms with E-state index in [1.54, 1.807) is 19.1 Å². The predicted molar refractivity (Wildman–Crippen MR) is 78.3 cm³/mol. The van der Waals surface area contributed by atoms with Gasteiger partial charge in [0.2, 0.25) is 10.0 Å². The van der Waals surface area contributed by atoms with Crippen LogP contribution in [0, 0.1) is 6.92 Å². The second-order valence-corrected chi connectivity index (χ2v) is 6.57. The summed E-state index contributed by atoms with van der Waals surface area (Å²) in [5.74, 6) is 0.518. The Morgan fingerprint density at radius 2 is 2.05 bits per heavy atom. The third-order valence-electron chi connectivity index (χ3n) is 2.82. The minimum Gasteiger partial charge on any atom is -0.495 e. The van der Waals surface area contributed by atoms with E-state index >= 15 is 0 Å². The molecule has 0 fully saturated rings. The first kappa shape index (κ1) is 15.8. The van der Waals surface area contributed by atoms with Crippen molar-refractivity contribution in [3.8, 4) is 5.75 Å². The largest absolute Gasteiger partial charge is 0.495 e. The van der Waals surface area contributed by atoms with Crippen molar-refractivity contribution in [2.45, 2.75) is 26.0 Å². The number of sulfonamides is 1.